The van der Waals surface area contributed by atoms with Gasteiger partial charge in [0.1, 0.15) is 11.4 Å². The quantitative estimate of drug-likeness (QED) is 0.619. The Labute approximate surface area is 144 Å². The number of anilines is 1. The fraction of sp³-hybridized carbons (Fsp3) is 0.533. The first-order chi connectivity index (χ1) is 11.4. The molecule has 1 saturated carbocycles. The van der Waals surface area contributed by atoms with Gasteiger partial charge in [0.05, 0.1) is 11.6 Å². The molecule has 0 unspecified atom stereocenters. The highest BCUT2D eigenvalue weighted by Gasteiger charge is 2.24. The van der Waals surface area contributed by atoms with Crippen molar-refractivity contribution in [2.24, 2.45) is 5.73 Å². The van der Waals surface area contributed by atoms with E-state index in [2.05, 4.69) is 15.6 Å². The van der Waals surface area contributed by atoms with Crippen molar-refractivity contribution in [3.05, 3.63) is 16.7 Å². The summed E-state index contributed by atoms with van der Waals surface area (Å²) >= 11 is 6.18. The summed E-state index contributed by atoms with van der Waals surface area (Å²) in [7, 11) is 0. The molecule has 0 aliphatic heterocycles. The highest BCUT2D eigenvalue weighted by Crippen LogP contribution is 2.30. The molecule has 1 fully saturated rings. The minimum Gasteiger partial charge on any atom is -0.477 e. The number of ether oxygens (including phenoxy) is 1. The topological polar surface area (TPSA) is 127 Å². The van der Waals surface area contributed by atoms with Crippen molar-refractivity contribution in [3.8, 4) is 5.88 Å². The SMILES string of the molecule is CCOc1nc(N[C@H]2CC[C@H](NC(=O)O)CC2)c(Cl)cc1C(N)=O. The molecule has 1 aromatic rings. The van der Waals surface area contributed by atoms with Crippen LogP contribution in [0.25, 0.3) is 0 Å². The fourth-order valence-electron chi connectivity index (χ4n) is 2.75. The van der Waals surface area contributed by atoms with Crippen molar-refractivity contribution >= 4 is 29.4 Å². The van der Waals surface area contributed by atoms with E-state index in [1.165, 1.54) is 6.07 Å². The van der Waals surface area contributed by atoms with E-state index in [0.29, 0.717) is 12.4 Å². The normalized spacial score (nSPS) is 20.2. The van der Waals surface area contributed by atoms with Gasteiger partial charge in [-0.05, 0) is 38.7 Å². The molecular formula is C15H21ClN4O4. The van der Waals surface area contributed by atoms with Crippen molar-refractivity contribution in [1.29, 1.82) is 0 Å². The Morgan fingerprint density at radius 3 is 2.54 bits per heavy atom. The number of nitrogens with two attached hydrogens (primary N) is 1. The smallest absolute Gasteiger partial charge is 0.404 e. The third kappa shape index (κ3) is 4.64. The van der Waals surface area contributed by atoms with Gasteiger partial charge < -0.3 is 26.2 Å². The van der Waals surface area contributed by atoms with E-state index >= 15 is 0 Å². The number of carboxylic acid groups (broad SMARTS) is 1. The Morgan fingerprint density at radius 1 is 1.38 bits per heavy atom. The molecule has 0 bridgehead atoms. The molecular weight excluding hydrogens is 336 g/mol. The molecule has 24 heavy (non-hydrogen) atoms. The van der Waals surface area contributed by atoms with Gasteiger partial charge in [-0.3, -0.25) is 4.79 Å². The van der Waals surface area contributed by atoms with E-state index in [-0.39, 0.29) is 28.5 Å². The van der Waals surface area contributed by atoms with Crippen LogP contribution in [-0.4, -0.2) is 40.8 Å². The number of halogens is 1. The molecule has 8 nitrogen and oxygen atoms in total. The van der Waals surface area contributed by atoms with Gasteiger partial charge in [-0.25, -0.2) is 4.79 Å². The van der Waals surface area contributed by atoms with Gasteiger partial charge in [0.25, 0.3) is 5.91 Å². The number of pyridine rings is 1. The zero-order valence-corrected chi connectivity index (χ0v) is 14.1. The molecule has 9 heteroatoms. The summed E-state index contributed by atoms with van der Waals surface area (Å²) < 4.78 is 5.36. The van der Waals surface area contributed by atoms with Gasteiger partial charge in [-0.15, -0.1) is 0 Å². The third-order valence-electron chi connectivity index (χ3n) is 3.88. The number of carbonyl (C=O) groups is 2. The molecule has 1 aliphatic carbocycles. The average molecular weight is 357 g/mol. The van der Waals surface area contributed by atoms with E-state index in [9.17, 15) is 9.59 Å². The molecule has 0 saturated heterocycles. The maximum Gasteiger partial charge on any atom is 0.404 e. The molecule has 132 valence electrons. The van der Waals surface area contributed by atoms with Gasteiger partial charge >= 0.3 is 6.09 Å². The monoisotopic (exact) mass is 356 g/mol. The lowest BCUT2D eigenvalue weighted by Gasteiger charge is -2.29. The Balaban J connectivity index is 2.06. The highest BCUT2D eigenvalue weighted by molar-refractivity contribution is 6.33. The van der Waals surface area contributed by atoms with Crippen molar-refractivity contribution in [3.63, 3.8) is 0 Å². The molecule has 2 amide bonds. The van der Waals surface area contributed by atoms with Crippen LogP contribution in [0.2, 0.25) is 5.02 Å². The van der Waals surface area contributed by atoms with E-state index in [4.69, 9.17) is 27.2 Å². The minimum atomic E-state index is -1.00. The van der Waals surface area contributed by atoms with E-state index in [0.717, 1.165) is 25.7 Å². The number of carbonyl (C=O) groups excluding carboxylic acids is 1. The van der Waals surface area contributed by atoms with Crippen LogP contribution in [0.5, 0.6) is 5.88 Å². The van der Waals surface area contributed by atoms with Gasteiger partial charge in [0.15, 0.2) is 0 Å². The molecule has 0 spiro atoms. The van der Waals surface area contributed by atoms with Gasteiger partial charge in [0, 0.05) is 12.1 Å². The maximum absolute atomic E-state index is 11.4. The number of amides is 2. The second-order valence-electron chi connectivity index (χ2n) is 5.61. The van der Waals surface area contributed by atoms with Crippen LogP contribution < -0.4 is 21.1 Å². The lowest BCUT2D eigenvalue weighted by molar-refractivity contribution is 0.0995. The first-order valence-electron chi connectivity index (χ1n) is 7.79. The summed E-state index contributed by atoms with van der Waals surface area (Å²) in [5.74, 6) is -0.0717. The number of nitrogens with one attached hydrogen (secondary N) is 2. The van der Waals surface area contributed by atoms with E-state index in [1.807, 2.05) is 0 Å². The lowest BCUT2D eigenvalue weighted by Crippen LogP contribution is -2.39. The highest BCUT2D eigenvalue weighted by atomic mass is 35.5. The average Bonchev–Trinajstić information content (AvgIpc) is 2.51. The lowest BCUT2D eigenvalue weighted by atomic mass is 9.91. The van der Waals surface area contributed by atoms with E-state index < -0.39 is 12.0 Å². The standard InChI is InChI=1S/C15H21ClN4O4/c1-2-24-14-10(12(17)21)7-11(16)13(20-14)18-8-3-5-9(6-4-8)19-15(22)23/h7-9,19H,2-6H2,1H3,(H2,17,21)(H,18,20)(H,22,23)/t8-,9-. The van der Waals surface area contributed by atoms with Gasteiger partial charge in [-0.1, -0.05) is 11.6 Å². The first kappa shape index (κ1) is 18.1. The van der Waals surface area contributed by atoms with Crippen LogP contribution in [-0.2, 0) is 0 Å². The van der Waals surface area contributed by atoms with Crippen molar-refractivity contribution in [1.82, 2.24) is 10.3 Å². The van der Waals surface area contributed by atoms with Crippen LogP contribution in [0.1, 0.15) is 43.0 Å². The number of rotatable bonds is 6. The molecule has 0 aromatic carbocycles. The summed E-state index contributed by atoms with van der Waals surface area (Å²) in [6, 6.07) is 1.54. The molecule has 1 aromatic heterocycles. The number of nitrogens with zero attached hydrogens (tertiary/aromatic N) is 1. The molecule has 1 aliphatic rings. The molecule has 5 N–H and O–H groups in total. The summed E-state index contributed by atoms with van der Waals surface area (Å²) in [6.45, 7) is 2.13. The zero-order chi connectivity index (χ0) is 17.7. The first-order valence-corrected chi connectivity index (χ1v) is 8.17. The summed E-state index contributed by atoms with van der Waals surface area (Å²) in [4.78, 5) is 26.4. The Kier molecular flexibility index (Phi) is 6.08. The molecule has 0 atom stereocenters. The van der Waals surface area contributed by atoms with Crippen molar-refractivity contribution < 1.29 is 19.4 Å². The minimum absolute atomic E-state index is 0.0276. The summed E-state index contributed by atoms with van der Waals surface area (Å²) in [5.41, 5.74) is 5.45. The Morgan fingerprint density at radius 2 is 2.00 bits per heavy atom. The van der Waals surface area contributed by atoms with E-state index in [1.54, 1.807) is 6.92 Å². The van der Waals surface area contributed by atoms with Crippen LogP contribution in [0.3, 0.4) is 0 Å². The number of primary amides is 1. The van der Waals surface area contributed by atoms with Crippen molar-refractivity contribution in [2.45, 2.75) is 44.7 Å². The third-order valence-corrected chi connectivity index (χ3v) is 4.17. The largest absolute Gasteiger partial charge is 0.477 e. The second-order valence-corrected chi connectivity index (χ2v) is 6.02. The molecule has 1 heterocycles. The van der Waals surface area contributed by atoms with Crippen LogP contribution in [0.15, 0.2) is 6.07 Å². The predicted octanol–water partition coefficient (Wildman–Crippen LogP) is 2.22. The second kappa shape index (κ2) is 8.05. The van der Waals surface area contributed by atoms with Crippen LogP contribution >= 0.6 is 11.6 Å². The molecule has 2 rings (SSSR count). The Bertz CT molecular complexity index is 618. The number of aromatic nitrogens is 1. The predicted molar refractivity (Wildman–Crippen MR) is 89.8 cm³/mol. The zero-order valence-electron chi connectivity index (χ0n) is 13.3. The summed E-state index contributed by atoms with van der Waals surface area (Å²) in [6.07, 6.45) is 2.03. The van der Waals surface area contributed by atoms with Crippen LogP contribution in [0.4, 0.5) is 10.6 Å². The number of hydrogen-bond acceptors (Lipinski definition) is 5. The fourth-order valence-corrected chi connectivity index (χ4v) is 2.95. The Hall–Kier alpha value is -2.22. The van der Waals surface area contributed by atoms with Gasteiger partial charge in [-0.2, -0.15) is 4.98 Å². The summed E-state index contributed by atoms with van der Waals surface area (Å²) in [5, 5.41) is 14.8. The molecule has 0 radical (unpaired) electrons. The van der Waals surface area contributed by atoms with Crippen molar-refractivity contribution in [2.75, 3.05) is 11.9 Å². The van der Waals surface area contributed by atoms with Crippen LogP contribution in [0, 0.1) is 0 Å². The number of hydrogen-bond donors (Lipinski definition) is 4. The van der Waals surface area contributed by atoms with Gasteiger partial charge in [0.2, 0.25) is 5.88 Å². The maximum atomic E-state index is 11.4.